The van der Waals surface area contributed by atoms with Crippen LogP contribution in [0.15, 0.2) is 59.4 Å². The van der Waals surface area contributed by atoms with Crippen LogP contribution in [-0.4, -0.2) is 42.5 Å². The molecule has 7 heteroatoms. The average Bonchev–Trinajstić information content (AvgIpc) is 3.26. The minimum atomic E-state index is -0.139. The largest absolute Gasteiger partial charge is 0.493 e. The smallest absolute Gasteiger partial charge is 0.251 e. The Morgan fingerprint density at radius 2 is 2.00 bits per heavy atom. The molecule has 0 fully saturated rings. The van der Waals surface area contributed by atoms with E-state index in [-0.39, 0.29) is 11.9 Å². The van der Waals surface area contributed by atoms with Gasteiger partial charge in [0.1, 0.15) is 6.61 Å². The predicted octanol–water partition coefficient (Wildman–Crippen LogP) is 3.98. The second kappa shape index (κ2) is 10.8. The summed E-state index contributed by atoms with van der Waals surface area (Å²) in [5.41, 5.74) is 4.40. The van der Waals surface area contributed by atoms with Crippen molar-refractivity contribution in [3.05, 3.63) is 76.2 Å². The first-order chi connectivity index (χ1) is 14.5. The number of carbonyl (C=O) groups is 1. The standard InChI is InChI=1S/C23H27N3O3S/c1-17(12-26(2)13-18-7-5-4-6-8-18)25-23(27)19-9-10-21(22(11-19)28-3)29-14-20-15-30-16-24-20/h4-11,15-17H,12-14H2,1-3H3,(H,25,27). The van der Waals surface area contributed by atoms with Gasteiger partial charge in [0.2, 0.25) is 0 Å². The van der Waals surface area contributed by atoms with E-state index in [0.717, 1.165) is 18.8 Å². The maximum absolute atomic E-state index is 12.7. The van der Waals surface area contributed by atoms with Crippen LogP contribution >= 0.6 is 11.3 Å². The first-order valence-corrected chi connectivity index (χ1v) is 10.7. The lowest BCUT2D eigenvalue weighted by Crippen LogP contribution is -2.40. The van der Waals surface area contributed by atoms with Crippen LogP contribution in [0.25, 0.3) is 0 Å². The van der Waals surface area contributed by atoms with Crippen molar-refractivity contribution in [1.29, 1.82) is 0 Å². The van der Waals surface area contributed by atoms with Crippen molar-refractivity contribution >= 4 is 17.2 Å². The molecule has 0 aliphatic heterocycles. The van der Waals surface area contributed by atoms with Crippen molar-refractivity contribution in [3.8, 4) is 11.5 Å². The molecule has 1 heterocycles. The summed E-state index contributed by atoms with van der Waals surface area (Å²) in [6.45, 7) is 3.94. The number of rotatable bonds is 10. The van der Waals surface area contributed by atoms with Crippen LogP contribution in [0.1, 0.15) is 28.5 Å². The Labute approximate surface area is 181 Å². The second-order valence-electron chi connectivity index (χ2n) is 7.19. The number of ether oxygens (including phenoxy) is 2. The molecule has 3 rings (SSSR count). The monoisotopic (exact) mass is 425 g/mol. The third kappa shape index (κ3) is 6.30. The van der Waals surface area contributed by atoms with Crippen molar-refractivity contribution in [2.24, 2.45) is 0 Å². The predicted molar refractivity (Wildman–Crippen MR) is 119 cm³/mol. The lowest BCUT2D eigenvalue weighted by atomic mass is 10.1. The molecule has 0 saturated carbocycles. The summed E-state index contributed by atoms with van der Waals surface area (Å²) in [5.74, 6) is 0.962. The molecule has 30 heavy (non-hydrogen) atoms. The van der Waals surface area contributed by atoms with E-state index in [4.69, 9.17) is 9.47 Å². The average molecular weight is 426 g/mol. The van der Waals surface area contributed by atoms with E-state index in [1.54, 1.807) is 30.8 Å². The maximum atomic E-state index is 12.7. The molecular weight excluding hydrogens is 398 g/mol. The van der Waals surface area contributed by atoms with Gasteiger partial charge in [-0.1, -0.05) is 30.3 Å². The third-order valence-electron chi connectivity index (χ3n) is 4.54. The van der Waals surface area contributed by atoms with Gasteiger partial charge in [0.05, 0.1) is 18.3 Å². The van der Waals surface area contributed by atoms with E-state index in [2.05, 4.69) is 27.3 Å². The Morgan fingerprint density at radius 3 is 2.70 bits per heavy atom. The zero-order chi connectivity index (χ0) is 21.3. The summed E-state index contributed by atoms with van der Waals surface area (Å²) in [5, 5.41) is 4.99. The van der Waals surface area contributed by atoms with E-state index in [1.165, 1.54) is 16.9 Å². The van der Waals surface area contributed by atoms with Gasteiger partial charge < -0.3 is 19.7 Å². The van der Waals surface area contributed by atoms with Crippen molar-refractivity contribution in [1.82, 2.24) is 15.2 Å². The first kappa shape index (κ1) is 21.8. The van der Waals surface area contributed by atoms with Crippen molar-refractivity contribution in [3.63, 3.8) is 0 Å². The highest BCUT2D eigenvalue weighted by Gasteiger charge is 2.15. The van der Waals surface area contributed by atoms with Crippen molar-refractivity contribution < 1.29 is 14.3 Å². The Morgan fingerprint density at radius 1 is 1.20 bits per heavy atom. The minimum Gasteiger partial charge on any atom is -0.493 e. The van der Waals surface area contributed by atoms with E-state index >= 15 is 0 Å². The van der Waals surface area contributed by atoms with Gasteiger partial charge >= 0.3 is 0 Å². The van der Waals surface area contributed by atoms with Crippen LogP contribution in [0, 0.1) is 0 Å². The summed E-state index contributed by atoms with van der Waals surface area (Å²) < 4.78 is 11.2. The fourth-order valence-corrected chi connectivity index (χ4v) is 3.71. The lowest BCUT2D eigenvalue weighted by Gasteiger charge is -2.22. The SMILES string of the molecule is COc1cc(C(=O)NC(C)CN(C)Cc2ccccc2)ccc1OCc1cscn1. The highest BCUT2D eigenvalue weighted by molar-refractivity contribution is 7.07. The molecule has 0 aliphatic carbocycles. The van der Waals surface area contributed by atoms with Crippen LogP contribution in [0.3, 0.4) is 0 Å². The number of hydrogen-bond donors (Lipinski definition) is 1. The van der Waals surface area contributed by atoms with Gasteiger partial charge in [0.15, 0.2) is 11.5 Å². The number of methoxy groups -OCH3 is 1. The number of carbonyl (C=O) groups excluding carboxylic acids is 1. The van der Waals surface area contributed by atoms with Gasteiger partial charge in [-0.15, -0.1) is 11.3 Å². The van der Waals surface area contributed by atoms with Gasteiger partial charge in [-0.05, 0) is 37.7 Å². The number of nitrogens with zero attached hydrogens (tertiary/aromatic N) is 2. The Bertz CT molecular complexity index is 932. The van der Waals surface area contributed by atoms with Gasteiger partial charge in [0, 0.05) is 30.1 Å². The van der Waals surface area contributed by atoms with Crippen molar-refractivity contribution in [2.45, 2.75) is 26.1 Å². The molecule has 0 aliphatic rings. The normalized spacial score (nSPS) is 11.9. The molecule has 1 N–H and O–H groups in total. The number of amides is 1. The highest BCUT2D eigenvalue weighted by atomic mass is 32.1. The fraction of sp³-hybridized carbons (Fsp3) is 0.304. The first-order valence-electron chi connectivity index (χ1n) is 9.76. The summed E-state index contributed by atoms with van der Waals surface area (Å²) in [6.07, 6.45) is 0. The molecule has 0 bridgehead atoms. The minimum absolute atomic E-state index is 0.00204. The number of aromatic nitrogens is 1. The van der Waals surface area contributed by atoms with Gasteiger partial charge in [-0.2, -0.15) is 0 Å². The van der Waals surface area contributed by atoms with E-state index < -0.39 is 0 Å². The topological polar surface area (TPSA) is 63.7 Å². The molecule has 1 amide bonds. The Hall–Kier alpha value is -2.90. The zero-order valence-corrected chi connectivity index (χ0v) is 18.3. The molecule has 0 spiro atoms. The second-order valence-corrected chi connectivity index (χ2v) is 7.91. The molecule has 1 unspecified atom stereocenters. The van der Waals surface area contributed by atoms with Crippen LogP contribution < -0.4 is 14.8 Å². The third-order valence-corrected chi connectivity index (χ3v) is 5.18. The molecule has 158 valence electrons. The quantitative estimate of drug-likeness (QED) is 0.532. The van der Waals surface area contributed by atoms with Crippen LogP contribution in [0.2, 0.25) is 0 Å². The fourth-order valence-electron chi connectivity index (χ4n) is 3.17. The molecule has 1 atom stereocenters. The Kier molecular flexibility index (Phi) is 7.82. The van der Waals surface area contributed by atoms with Crippen molar-refractivity contribution in [2.75, 3.05) is 20.7 Å². The molecule has 2 aromatic carbocycles. The molecule has 3 aromatic rings. The van der Waals surface area contributed by atoms with Crippen LogP contribution in [-0.2, 0) is 13.2 Å². The molecular formula is C23H27N3O3S. The summed E-state index contributed by atoms with van der Waals surface area (Å²) in [7, 11) is 3.61. The number of likely N-dealkylation sites (N-methyl/N-ethyl adjacent to an activating group) is 1. The van der Waals surface area contributed by atoms with E-state index in [9.17, 15) is 4.79 Å². The maximum Gasteiger partial charge on any atom is 0.251 e. The van der Waals surface area contributed by atoms with Gasteiger partial charge in [0.25, 0.3) is 5.91 Å². The molecule has 6 nitrogen and oxygen atoms in total. The molecule has 0 saturated heterocycles. The number of thiazole rings is 1. The number of nitrogens with one attached hydrogen (secondary N) is 1. The summed E-state index contributed by atoms with van der Waals surface area (Å²) >= 11 is 1.52. The molecule has 1 aromatic heterocycles. The number of hydrogen-bond acceptors (Lipinski definition) is 6. The van der Waals surface area contributed by atoms with Gasteiger partial charge in [-0.25, -0.2) is 4.98 Å². The van der Waals surface area contributed by atoms with Gasteiger partial charge in [-0.3, -0.25) is 4.79 Å². The molecule has 0 radical (unpaired) electrons. The van der Waals surface area contributed by atoms with E-state index in [0.29, 0.717) is 23.7 Å². The van der Waals surface area contributed by atoms with Crippen LogP contribution in [0.4, 0.5) is 0 Å². The Balaban J connectivity index is 1.54. The summed E-state index contributed by atoms with van der Waals surface area (Å²) in [4.78, 5) is 19.1. The van der Waals surface area contributed by atoms with Crippen LogP contribution in [0.5, 0.6) is 11.5 Å². The zero-order valence-electron chi connectivity index (χ0n) is 17.5. The lowest BCUT2D eigenvalue weighted by molar-refractivity contribution is 0.0931. The number of benzene rings is 2. The highest BCUT2D eigenvalue weighted by Crippen LogP contribution is 2.29. The van der Waals surface area contributed by atoms with E-state index in [1.807, 2.05) is 37.6 Å². The summed E-state index contributed by atoms with van der Waals surface area (Å²) in [6, 6.07) is 15.5.